The molecule has 0 bridgehead atoms. The highest BCUT2D eigenvalue weighted by molar-refractivity contribution is 5.85. The highest BCUT2D eigenvalue weighted by Gasteiger charge is 2.21. The summed E-state index contributed by atoms with van der Waals surface area (Å²) >= 11 is 0. The summed E-state index contributed by atoms with van der Waals surface area (Å²) < 4.78 is 1.90. The molecule has 6 heteroatoms. The number of hydrogen-bond donors (Lipinski definition) is 2. The van der Waals surface area contributed by atoms with E-state index in [1.54, 1.807) is 6.20 Å². The number of amides is 1. The van der Waals surface area contributed by atoms with E-state index in [1.807, 2.05) is 23.0 Å². The number of nitrogens with zero attached hydrogens (tertiary/aromatic N) is 2. The number of hydrogen-bond acceptors (Lipinski definition) is 3. The van der Waals surface area contributed by atoms with Gasteiger partial charge in [-0.3, -0.25) is 9.48 Å². The van der Waals surface area contributed by atoms with E-state index in [1.165, 1.54) is 18.4 Å². The zero-order chi connectivity index (χ0) is 17.5. The van der Waals surface area contributed by atoms with Crippen LogP contribution in [-0.4, -0.2) is 28.8 Å². The maximum Gasteiger partial charge on any atom is 0.220 e. The molecule has 2 atom stereocenters. The number of carbonyl (C=O) groups is 1. The fraction of sp³-hybridized carbons (Fsp3) is 0.500. The molecule has 26 heavy (non-hydrogen) atoms. The van der Waals surface area contributed by atoms with Crippen LogP contribution < -0.4 is 10.6 Å². The van der Waals surface area contributed by atoms with Crippen molar-refractivity contribution in [3.63, 3.8) is 0 Å². The standard InChI is InChI=1S/C20H28N4O.ClH/c1-16(19-7-3-8-21-14-19)11-20(25)22-13-17-5-2-6-18(12-17)15-24-10-4-9-23-24;/h2,4-6,9-10,12,16,19,21H,3,7-8,11,13-15H2,1H3,(H,22,25);1H. The van der Waals surface area contributed by atoms with Gasteiger partial charge in [-0.1, -0.05) is 31.2 Å². The summed E-state index contributed by atoms with van der Waals surface area (Å²) in [4.78, 5) is 12.3. The van der Waals surface area contributed by atoms with E-state index in [9.17, 15) is 4.79 Å². The molecule has 1 aliphatic heterocycles. The van der Waals surface area contributed by atoms with E-state index in [2.05, 4.69) is 40.9 Å². The van der Waals surface area contributed by atoms with Gasteiger partial charge in [-0.05, 0) is 55.0 Å². The predicted molar refractivity (Wildman–Crippen MR) is 106 cm³/mol. The monoisotopic (exact) mass is 376 g/mol. The van der Waals surface area contributed by atoms with Crippen LogP contribution >= 0.6 is 12.4 Å². The van der Waals surface area contributed by atoms with E-state index in [0.29, 0.717) is 24.8 Å². The molecule has 1 aromatic carbocycles. The van der Waals surface area contributed by atoms with Crippen LogP contribution in [0.4, 0.5) is 0 Å². The van der Waals surface area contributed by atoms with Crippen molar-refractivity contribution in [2.75, 3.05) is 13.1 Å². The van der Waals surface area contributed by atoms with Crippen LogP contribution in [0, 0.1) is 11.8 Å². The van der Waals surface area contributed by atoms with Gasteiger partial charge < -0.3 is 10.6 Å². The van der Waals surface area contributed by atoms with Crippen LogP contribution in [0.15, 0.2) is 42.7 Å². The third-order valence-electron chi connectivity index (χ3n) is 5.03. The van der Waals surface area contributed by atoms with Crippen molar-refractivity contribution in [3.8, 4) is 0 Å². The predicted octanol–water partition coefficient (Wildman–Crippen LogP) is 3.00. The summed E-state index contributed by atoms with van der Waals surface area (Å²) in [5.41, 5.74) is 2.32. The molecule has 3 rings (SSSR count). The zero-order valence-electron chi connectivity index (χ0n) is 15.4. The normalized spacial score (nSPS) is 18.0. The minimum atomic E-state index is 0. The number of piperidine rings is 1. The molecule has 2 N–H and O–H groups in total. The zero-order valence-corrected chi connectivity index (χ0v) is 16.2. The molecule has 0 saturated carbocycles. The van der Waals surface area contributed by atoms with Gasteiger partial charge in [0.05, 0.1) is 6.54 Å². The molecule has 1 saturated heterocycles. The average Bonchev–Trinajstić information content (AvgIpc) is 3.14. The highest BCUT2D eigenvalue weighted by Crippen LogP contribution is 2.22. The van der Waals surface area contributed by atoms with Crippen LogP contribution in [0.1, 0.15) is 37.3 Å². The van der Waals surface area contributed by atoms with Gasteiger partial charge in [0.2, 0.25) is 5.91 Å². The summed E-state index contributed by atoms with van der Waals surface area (Å²) in [6.07, 6.45) is 6.80. The lowest BCUT2D eigenvalue weighted by Gasteiger charge is -2.28. The topological polar surface area (TPSA) is 59.0 Å². The van der Waals surface area contributed by atoms with Crippen molar-refractivity contribution in [1.82, 2.24) is 20.4 Å². The number of aromatic nitrogens is 2. The quantitative estimate of drug-likeness (QED) is 0.781. The van der Waals surface area contributed by atoms with Crippen molar-refractivity contribution in [3.05, 3.63) is 53.9 Å². The summed E-state index contributed by atoms with van der Waals surface area (Å²) in [6.45, 7) is 5.69. The second-order valence-corrected chi connectivity index (χ2v) is 7.09. The minimum absolute atomic E-state index is 0. The molecule has 2 aromatic rings. The minimum Gasteiger partial charge on any atom is -0.352 e. The molecule has 1 fully saturated rings. The molecule has 0 aliphatic carbocycles. The Bertz CT molecular complexity index is 668. The van der Waals surface area contributed by atoms with Gasteiger partial charge in [0.25, 0.3) is 0 Å². The van der Waals surface area contributed by atoms with Gasteiger partial charge in [0.15, 0.2) is 0 Å². The van der Waals surface area contributed by atoms with Gasteiger partial charge >= 0.3 is 0 Å². The first-order chi connectivity index (χ1) is 12.2. The molecule has 142 valence electrons. The third kappa shape index (κ3) is 6.15. The second-order valence-electron chi connectivity index (χ2n) is 7.09. The molecule has 2 unspecified atom stereocenters. The highest BCUT2D eigenvalue weighted by atomic mass is 35.5. The molecule has 1 amide bonds. The third-order valence-corrected chi connectivity index (χ3v) is 5.03. The van der Waals surface area contributed by atoms with Gasteiger partial charge in [-0.15, -0.1) is 12.4 Å². The van der Waals surface area contributed by atoms with E-state index < -0.39 is 0 Å². The van der Waals surface area contributed by atoms with Crippen LogP contribution in [-0.2, 0) is 17.9 Å². The Kier molecular flexibility index (Phi) is 8.13. The first kappa shape index (κ1) is 20.5. The van der Waals surface area contributed by atoms with Crippen molar-refractivity contribution >= 4 is 18.3 Å². The Morgan fingerprint density at radius 3 is 2.96 bits per heavy atom. The van der Waals surface area contributed by atoms with Crippen molar-refractivity contribution < 1.29 is 4.79 Å². The lowest BCUT2D eigenvalue weighted by Crippen LogP contribution is -2.35. The maximum absolute atomic E-state index is 12.3. The van der Waals surface area contributed by atoms with E-state index in [0.717, 1.165) is 25.2 Å². The number of benzene rings is 1. The van der Waals surface area contributed by atoms with Crippen LogP contribution in [0.2, 0.25) is 0 Å². The Labute approximate surface area is 162 Å². The molecule has 0 spiro atoms. The van der Waals surface area contributed by atoms with Gasteiger partial charge in [-0.25, -0.2) is 0 Å². The summed E-state index contributed by atoms with van der Waals surface area (Å²) in [5, 5.41) is 10.7. The van der Waals surface area contributed by atoms with Crippen molar-refractivity contribution in [1.29, 1.82) is 0 Å². The molecular weight excluding hydrogens is 348 g/mol. The molecule has 0 radical (unpaired) electrons. The Hall–Kier alpha value is -1.85. The largest absolute Gasteiger partial charge is 0.352 e. The smallest absolute Gasteiger partial charge is 0.220 e. The Morgan fingerprint density at radius 1 is 1.38 bits per heavy atom. The van der Waals surface area contributed by atoms with Crippen molar-refractivity contribution in [2.45, 2.75) is 39.3 Å². The second kappa shape index (κ2) is 10.3. The summed E-state index contributed by atoms with van der Waals surface area (Å²) in [7, 11) is 0. The number of halogens is 1. The molecule has 1 aromatic heterocycles. The first-order valence-corrected chi connectivity index (χ1v) is 9.23. The number of nitrogens with one attached hydrogen (secondary N) is 2. The Balaban J connectivity index is 0.00000243. The first-order valence-electron chi connectivity index (χ1n) is 9.23. The van der Waals surface area contributed by atoms with E-state index in [-0.39, 0.29) is 18.3 Å². The molecule has 1 aliphatic rings. The van der Waals surface area contributed by atoms with E-state index in [4.69, 9.17) is 0 Å². The maximum atomic E-state index is 12.3. The van der Waals surface area contributed by atoms with Gasteiger partial charge in [0, 0.05) is 25.4 Å². The average molecular weight is 377 g/mol. The van der Waals surface area contributed by atoms with E-state index >= 15 is 0 Å². The molecular formula is C20H29ClN4O. The van der Waals surface area contributed by atoms with Crippen LogP contribution in [0.25, 0.3) is 0 Å². The summed E-state index contributed by atoms with van der Waals surface area (Å²) in [5.74, 6) is 1.20. The van der Waals surface area contributed by atoms with Crippen LogP contribution in [0.3, 0.4) is 0 Å². The lowest BCUT2D eigenvalue weighted by atomic mass is 9.85. The van der Waals surface area contributed by atoms with Crippen LogP contribution in [0.5, 0.6) is 0 Å². The van der Waals surface area contributed by atoms with Crippen molar-refractivity contribution in [2.24, 2.45) is 11.8 Å². The van der Waals surface area contributed by atoms with Gasteiger partial charge in [0.1, 0.15) is 0 Å². The number of rotatable bonds is 7. The summed E-state index contributed by atoms with van der Waals surface area (Å²) in [6, 6.07) is 10.2. The van der Waals surface area contributed by atoms with Gasteiger partial charge in [-0.2, -0.15) is 5.10 Å². The number of carbonyl (C=O) groups excluding carboxylic acids is 1. The fourth-order valence-corrected chi connectivity index (χ4v) is 3.52. The molecule has 2 heterocycles. The Morgan fingerprint density at radius 2 is 2.23 bits per heavy atom. The SMILES string of the molecule is CC(CC(=O)NCc1cccc(Cn2cccn2)c1)C1CCCNC1.Cl. The lowest BCUT2D eigenvalue weighted by molar-refractivity contribution is -0.122. The fourth-order valence-electron chi connectivity index (χ4n) is 3.52. The molecule has 5 nitrogen and oxygen atoms in total.